The smallest absolute Gasteiger partial charge is 0.341 e. The molecule has 1 aromatic rings. The molecular weight excluding hydrogens is 851 g/mol. The molecule has 0 unspecified atom stereocenters. The number of nitrogens with zero attached hydrogens (tertiary/aromatic N) is 2. The first-order valence-corrected chi connectivity index (χ1v) is 27.8. The zero-order valence-corrected chi connectivity index (χ0v) is 43.5. The standard InChI is InChI=1S/C54H95N3O8S/c1-6-9-12-15-18-19-20-23-30-41-63-50(60)37-29-28-35-48(58)55-52-51(54(62)65-43-32-39-56(4)5)46-38-40-57(44-47(46)66-52)49(59)36-27-24-31-42-64-53(61)45(33-25-21-16-13-10-7-2)34-26-22-17-14-11-8-3/h45H,6-44H2,1-5H3,(H,55,58). The summed E-state index contributed by atoms with van der Waals surface area (Å²) in [5, 5.41) is 3.45. The van der Waals surface area contributed by atoms with Crippen molar-refractivity contribution in [3.8, 4) is 0 Å². The van der Waals surface area contributed by atoms with Crippen LogP contribution in [-0.2, 0) is 46.4 Å². The molecule has 0 spiro atoms. The van der Waals surface area contributed by atoms with Crippen molar-refractivity contribution < 1.29 is 38.2 Å². The van der Waals surface area contributed by atoms with Gasteiger partial charge in [-0.3, -0.25) is 19.2 Å². The first-order chi connectivity index (χ1) is 32.1. The molecule has 0 bridgehead atoms. The highest BCUT2D eigenvalue weighted by Gasteiger charge is 2.31. The van der Waals surface area contributed by atoms with Crippen LogP contribution < -0.4 is 5.32 Å². The second kappa shape index (κ2) is 38.9. The van der Waals surface area contributed by atoms with Gasteiger partial charge in [0.2, 0.25) is 11.8 Å². The Morgan fingerprint density at radius 1 is 0.591 bits per heavy atom. The normalized spacial score (nSPS) is 12.4. The molecule has 0 saturated carbocycles. The minimum Gasteiger partial charge on any atom is -0.466 e. The molecule has 0 saturated heterocycles. The number of amides is 2. The maximum Gasteiger partial charge on any atom is 0.341 e. The van der Waals surface area contributed by atoms with E-state index in [1.54, 1.807) is 0 Å². The van der Waals surface area contributed by atoms with Crippen molar-refractivity contribution in [2.75, 3.05) is 52.3 Å². The summed E-state index contributed by atoms with van der Waals surface area (Å²) in [6, 6.07) is 0. The van der Waals surface area contributed by atoms with Crippen LogP contribution in [0.3, 0.4) is 0 Å². The predicted octanol–water partition coefficient (Wildman–Crippen LogP) is 13.5. The van der Waals surface area contributed by atoms with Crippen LogP contribution in [0.25, 0.3) is 0 Å². The van der Waals surface area contributed by atoms with E-state index < -0.39 is 5.97 Å². The third-order valence-corrected chi connectivity index (χ3v) is 14.0. The van der Waals surface area contributed by atoms with Crippen LogP contribution in [0.4, 0.5) is 5.00 Å². The summed E-state index contributed by atoms with van der Waals surface area (Å²) >= 11 is 1.35. The molecule has 2 rings (SSSR count). The molecule has 11 nitrogen and oxygen atoms in total. The highest BCUT2D eigenvalue weighted by Crippen LogP contribution is 2.38. The van der Waals surface area contributed by atoms with E-state index in [0.717, 1.165) is 68.4 Å². The minimum absolute atomic E-state index is 0.00858. The summed E-state index contributed by atoms with van der Waals surface area (Å²) in [6.07, 6.45) is 32.8. The van der Waals surface area contributed by atoms with Crippen LogP contribution in [0, 0.1) is 5.92 Å². The summed E-state index contributed by atoms with van der Waals surface area (Å²) < 4.78 is 16.9. The zero-order chi connectivity index (χ0) is 48.0. The molecule has 0 aromatic carbocycles. The van der Waals surface area contributed by atoms with E-state index in [0.29, 0.717) is 75.4 Å². The van der Waals surface area contributed by atoms with Gasteiger partial charge < -0.3 is 29.3 Å². The minimum atomic E-state index is -0.451. The zero-order valence-electron chi connectivity index (χ0n) is 42.7. The maximum absolute atomic E-state index is 13.5. The second-order valence-electron chi connectivity index (χ2n) is 19.2. The number of carbonyl (C=O) groups is 5. The SMILES string of the molecule is CCCCCCCCCCCOC(=O)CCCCC(=O)Nc1sc2c(c1C(=O)OCCCN(C)C)CCN(C(=O)CCCCCOC(=O)C(CCCCCCCC)CCCCCCCC)C2. The number of thiophene rings is 1. The fourth-order valence-corrected chi connectivity index (χ4v) is 9.95. The summed E-state index contributed by atoms with van der Waals surface area (Å²) in [5.41, 5.74) is 1.25. The van der Waals surface area contributed by atoms with Crippen LogP contribution in [-0.4, -0.2) is 86.5 Å². The van der Waals surface area contributed by atoms with E-state index in [4.69, 9.17) is 14.2 Å². The van der Waals surface area contributed by atoms with Crippen LogP contribution in [0.1, 0.15) is 247 Å². The van der Waals surface area contributed by atoms with E-state index in [9.17, 15) is 24.0 Å². The number of carbonyl (C=O) groups excluding carboxylic acids is 5. The van der Waals surface area contributed by atoms with Crippen LogP contribution >= 0.6 is 11.3 Å². The van der Waals surface area contributed by atoms with E-state index in [-0.39, 0.29) is 49.1 Å². The number of unbranched alkanes of at least 4 members (excludes halogenated alkanes) is 21. The van der Waals surface area contributed by atoms with Gasteiger partial charge in [0, 0.05) is 37.2 Å². The first kappa shape index (κ1) is 59.1. The van der Waals surface area contributed by atoms with Gasteiger partial charge in [0.1, 0.15) is 5.00 Å². The lowest BCUT2D eigenvalue weighted by Crippen LogP contribution is -2.35. The third kappa shape index (κ3) is 27.7. The predicted molar refractivity (Wildman–Crippen MR) is 271 cm³/mol. The number of esters is 3. The van der Waals surface area contributed by atoms with Gasteiger partial charge in [-0.15, -0.1) is 11.3 Å². The van der Waals surface area contributed by atoms with Gasteiger partial charge in [-0.2, -0.15) is 0 Å². The molecule has 12 heteroatoms. The van der Waals surface area contributed by atoms with Crippen molar-refractivity contribution in [2.45, 2.75) is 239 Å². The molecule has 0 atom stereocenters. The van der Waals surface area contributed by atoms with Crippen LogP contribution in [0.5, 0.6) is 0 Å². The number of ether oxygens (including phenoxy) is 3. The fraction of sp³-hybridized carbons (Fsp3) is 0.833. The first-order valence-electron chi connectivity index (χ1n) is 27.0. The van der Waals surface area contributed by atoms with Crippen LogP contribution in [0.2, 0.25) is 0 Å². The number of hydrogen-bond acceptors (Lipinski definition) is 10. The highest BCUT2D eigenvalue weighted by molar-refractivity contribution is 7.17. The fourth-order valence-electron chi connectivity index (χ4n) is 8.68. The molecule has 66 heavy (non-hydrogen) atoms. The van der Waals surface area contributed by atoms with E-state index >= 15 is 0 Å². The monoisotopic (exact) mass is 946 g/mol. The van der Waals surface area contributed by atoms with E-state index in [2.05, 4.69) is 26.1 Å². The van der Waals surface area contributed by atoms with E-state index in [1.807, 2.05) is 23.9 Å². The number of hydrogen-bond donors (Lipinski definition) is 1. The van der Waals surface area contributed by atoms with Crippen molar-refractivity contribution >= 4 is 46.1 Å². The molecule has 1 aliphatic heterocycles. The molecule has 1 N–H and O–H groups in total. The number of fused-ring (bicyclic) bond motifs is 1. The molecular formula is C54H95N3O8S. The number of anilines is 1. The van der Waals surface area contributed by atoms with Gasteiger partial charge in [-0.1, -0.05) is 149 Å². The Balaban J connectivity index is 1.83. The van der Waals surface area contributed by atoms with Gasteiger partial charge in [0.25, 0.3) is 0 Å². The Morgan fingerprint density at radius 3 is 1.68 bits per heavy atom. The molecule has 1 aliphatic rings. The summed E-state index contributed by atoms with van der Waals surface area (Å²) in [5.74, 6) is -0.880. The van der Waals surface area contributed by atoms with Gasteiger partial charge in [0.05, 0.1) is 37.8 Å². The van der Waals surface area contributed by atoms with Crippen molar-refractivity contribution in [3.05, 3.63) is 16.0 Å². The average Bonchev–Trinajstić information content (AvgIpc) is 3.66. The Labute approximate surface area is 406 Å². The molecule has 0 aliphatic carbocycles. The average molecular weight is 946 g/mol. The summed E-state index contributed by atoms with van der Waals surface area (Å²) in [7, 11) is 3.95. The molecule has 380 valence electrons. The lowest BCUT2D eigenvalue weighted by atomic mass is 9.94. The number of rotatable bonds is 42. The topological polar surface area (TPSA) is 132 Å². The Hall–Kier alpha value is -2.99. The maximum atomic E-state index is 13.5. The van der Waals surface area contributed by atoms with Crippen molar-refractivity contribution in [2.24, 2.45) is 5.92 Å². The van der Waals surface area contributed by atoms with Crippen molar-refractivity contribution in [3.63, 3.8) is 0 Å². The Kier molecular flexibility index (Phi) is 34.9. The van der Waals surface area contributed by atoms with Crippen molar-refractivity contribution in [1.29, 1.82) is 0 Å². The summed E-state index contributed by atoms with van der Waals surface area (Å²) in [4.78, 5) is 70.4. The molecule has 0 radical (unpaired) electrons. The lowest BCUT2D eigenvalue weighted by Gasteiger charge is -2.27. The second-order valence-corrected chi connectivity index (χ2v) is 20.3. The molecule has 2 heterocycles. The van der Waals surface area contributed by atoms with Gasteiger partial charge in [-0.25, -0.2) is 4.79 Å². The van der Waals surface area contributed by atoms with E-state index in [1.165, 1.54) is 120 Å². The third-order valence-electron chi connectivity index (χ3n) is 12.8. The van der Waals surface area contributed by atoms with Crippen LogP contribution in [0.15, 0.2) is 0 Å². The highest BCUT2D eigenvalue weighted by atomic mass is 32.1. The molecule has 2 amide bonds. The molecule has 0 fully saturated rings. The quantitative estimate of drug-likeness (QED) is 0.0386. The lowest BCUT2D eigenvalue weighted by molar-refractivity contribution is -0.149. The Bertz CT molecular complexity index is 1450. The van der Waals surface area contributed by atoms with Gasteiger partial charge in [0.15, 0.2) is 0 Å². The van der Waals surface area contributed by atoms with Crippen molar-refractivity contribution in [1.82, 2.24) is 9.80 Å². The summed E-state index contributed by atoms with van der Waals surface area (Å²) in [6.45, 7) is 9.47. The largest absolute Gasteiger partial charge is 0.466 e. The number of nitrogens with one attached hydrogen (secondary N) is 1. The Morgan fingerprint density at radius 2 is 1.09 bits per heavy atom. The van der Waals surface area contributed by atoms with Gasteiger partial charge >= 0.3 is 17.9 Å². The molecule has 1 aromatic heterocycles. The van der Waals surface area contributed by atoms with Gasteiger partial charge in [-0.05, 0) is 83.9 Å².